The summed E-state index contributed by atoms with van der Waals surface area (Å²) in [6, 6.07) is 15.7. The second-order valence-corrected chi connectivity index (χ2v) is 9.64. The summed E-state index contributed by atoms with van der Waals surface area (Å²) in [6.07, 6.45) is 0. The molecule has 0 bridgehead atoms. The lowest BCUT2D eigenvalue weighted by atomic mass is 9.87. The van der Waals surface area contributed by atoms with Crippen LogP contribution in [-0.4, -0.2) is 33.1 Å². The minimum Gasteiger partial charge on any atom is -0.497 e. The van der Waals surface area contributed by atoms with Gasteiger partial charge in [0.25, 0.3) is 0 Å². The summed E-state index contributed by atoms with van der Waals surface area (Å²) in [5.41, 5.74) is 3.18. The lowest BCUT2D eigenvalue weighted by molar-refractivity contribution is -0.120. The average molecular weight is 440 g/mol. The summed E-state index contributed by atoms with van der Waals surface area (Å²) in [6.45, 7) is 8.77. The number of aromatic nitrogens is 3. The first kappa shape index (κ1) is 22.7. The Balaban J connectivity index is 1.62. The summed E-state index contributed by atoms with van der Waals surface area (Å²) in [4.78, 5) is 12.5. The van der Waals surface area contributed by atoms with E-state index in [4.69, 9.17) is 10.6 Å². The van der Waals surface area contributed by atoms with Crippen molar-refractivity contribution in [1.82, 2.24) is 20.2 Å². The van der Waals surface area contributed by atoms with Crippen LogP contribution in [0.15, 0.2) is 53.7 Å². The number of carbonyl (C=O) groups is 1. The van der Waals surface area contributed by atoms with Gasteiger partial charge in [0.15, 0.2) is 5.82 Å². The molecule has 0 spiro atoms. The number of rotatable bonds is 7. The van der Waals surface area contributed by atoms with Crippen molar-refractivity contribution in [3.63, 3.8) is 0 Å². The standard InChI is InChI=1S/C23H29N5O2S/c1-15(21(29)25-14-16-6-12-19(30-5)13-7-16)31-22-27-26-20(28(22)24)17-8-10-18(11-9-17)23(2,3)4/h6-13,15H,14,24H2,1-5H3,(H,25,29). The Kier molecular flexibility index (Phi) is 6.90. The molecule has 1 heterocycles. The number of methoxy groups -OCH3 is 1. The molecule has 31 heavy (non-hydrogen) atoms. The minimum absolute atomic E-state index is 0.0739. The highest BCUT2D eigenvalue weighted by molar-refractivity contribution is 8.00. The van der Waals surface area contributed by atoms with E-state index in [0.717, 1.165) is 16.9 Å². The zero-order valence-electron chi connectivity index (χ0n) is 18.5. The van der Waals surface area contributed by atoms with E-state index >= 15 is 0 Å². The molecule has 1 amide bonds. The molecule has 8 heteroatoms. The second-order valence-electron chi connectivity index (χ2n) is 8.33. The lowest BCUT2D eigenvalue weighted by Gasteiger charge is -2.19. The van der Waals surface area contributed by atoms with Crippen LogP contribution in [0, 0.1) is 0 Å². The molecule has 0 aliphatic rings. The van der Waals surface area contributed by atoms with Crippen LogP contribution in [-0.2, 0) is 16.8 Å². The van der Waals surface area contributed by atoms with Crippen molar-refractivity contribution in [2.24, 2.45) is 0 Å². The largest absolute Gasteiger partial charge is 0.497 e. The summed E-state index contributed by atoms with van der Waals surface area (Å²) >= 11 is 1.27. The van der Waals surface area contributed by atoms with E-state index in [1.165, 1.54) is 22.0 Å². The van der Waals surface area contributed by atoms with Gasteiger partial charge >= 0.3 is 0 Å². The number of nitrogens with one attached hydrogen (secondary N) is 1. The van der Waals surface area contributed by atoms with Crippen molar-refractivity contribution < 1.29 is 9.53 Å². The van der Waals surface area contributed by atoms with Crippen molar-refractivity contribution in [2.45, 2.75) is 50.1 Å². The molecule has 0 saturated heterocycles. The molecule has 1 unspecified atom stereocenters. The molecule has 0 radical (unpaired) electrons. The fourth-order valence-corrected chi connectivity index (χ4v) is 3.76. The van der Waals surface area contributed by atoms with Crippen molar-refractivity contribution >= 4 is 17.7 Å². The van der Waals surface area contributed by atoms with Crippen LogP contribution in [0.3, 0.4) is 0 Å². The van der Waals surface area contributed by atoms with E-state index in [0.29, 0.717) is 17.5 Å². The summed E-state index contributed by atoms with van der Waals surface area (Å²) in [5.74, 6) is 7.48. The van der Waals surface area contributed by atoms with Crippen LogP contribution < -0.4 is 15.9 Å². The lowest BCUT2D eigenvalue weighted by Crippen LogP contribution is -2.30. The second kappa shape index (κ2) is 9.43. The average Bonchev–Trinajstić information content (AvgIpc) is 3.11. The number of nitrogens with two attached hydrogens (primary N) is 1. The highest BCUT2D eigenvalue weighted by Gasteiger charge is 2.20. The van der Waals surface area contributed by atoms with Crippen LogP contribution in [0.4, 0.5) is 0 Å². The Bertz CT molecular complexity index is 1020. The number of ether oxygens (including phenoxy) is 1. The first-order valence-electron chi connectivity index (χ1n) is 10.1. The number of hydrogen-bond donors (Lipinski definition) is 2. The maximum absolute atomic E-state index is 12.5. The third kappa shape index (κ3) is 5.58. The molecule has 3 rings (SSSR count). The summed E-state index contributed by atoms with van der Waals surface area (Å²) in [5, 5.41) is 11.5. The Hall–Kier alpha value is -3.00. The molecule has 0 aliphatic heterocycles. The monoisotopic (exact) mass is 439 g/mol. The van der Waals surface area contributed by atoms with Crippen molar-refractivity contribution in [3.8, 4) is 17.1 Å². The molecule has 3 N–H and O–H groups in total. The van der Waals surface area contributed by atoms with Gasteiger partial charge in [0.05, 0.1) is 12.4 Å². The SMILES string of the molecule is COc1ccc(CNC(=O)C(C)Sc2nnc(-c3ccc(C(C)(C)C)cc3)n2N)cc1. The van der Waals surface area contributed by atoms with Crippen LogP contribution in [0.2, 0.25) is 0 Å². The topological polar surface area (TPSA) is 95.1 Å². The highest BCUT2D eigenvalue weighted by atomic mass is 32.2. The van der Waals surface area contributed by atoms with Gasteiger partial charge in [-0.3, -0.25) is 4.79 Å². The van der Waals surface area contributed by atoms with Gasteiger partial charge < -0.3 is 15.9 Å². The van der Waals surface area contributed by atoms with Crippen molar-refractivity contribution in [2.75, 3.05) is 13.0 Å². The molecule has 164 valence electrons. The quantitative estimate of drug-likeness (QED) is 0.430. The van der Waals surface area contributed by atoms with Gasteiger partial charge in [-0.15, -0.1) is 10.2 Å². The third-order valence-corrected chi connectivity index (χ3v) is 6.01. The number of nitrogen functional groups attached to an aromatic ring is 1. The van der Waals surface area contributed by atoms with Gasteiger partial charge in [-0.2, -0.15) is 0 Å². The molecule has 7 nitrogen and oxygen atoms in total. The van der Waals surface area contributed by atoms with Gasteiger partial charge in [0.1, 0.15) is 5.75 Å². The van der Waals surface area contributed by atoms with Gasteiger partial charge in [0.2, 0.25) is 11.1 Å². The molecule has 2 aromatic carbocycles. The molecule has 0 aliphatic carbocycles. The highest BCUT2D eigenvalue weighted by Crippen LogP contribution is 2.27. The van der Waals surface area contributed by atoms with Crippen molar-refractivity contribution in [3.05, 3.63) is 59.7 Å². The number of nitrogens with zero attached hydrogens (tertiary/aromatic N) is 3. The van der Waals surface area contributed by atoms with Gasteiger partial charge in [0, 0.05) is 12.1 Å². The molecule has 0 fully saturated rings. The van der Waals surface area contributed by atoms with Crippen LogP contribution >= 0.6 is 11.8 Å². The van der Waals surface area contributed by atoms with Crippen LogP contribution in [0.1, 0.15) is 38.8 Å². The zero-order valence-corrected chi connectivity index (χ0v) is 19.4. The smallest absolute Gasteiger partial charge is 0.233 e. The number of amides is 1. The Morgan fingerprint density at radius 1 is 1.13 bits per heavy atom. The Morgan fingerprint density at radius 2 is 1.77 bits per heavy atom. The fraction of sp³-hybridized carbons (Fsp3) is 0.348. The van der Waals surface area contributed by atoms with Crippen LogP contribution in [0.5, 0.6) is 5.75 Å². The molecular weight excluding hydrogens is 410 g/mol. The molecule has 1 atom stereocenters. The van der Waals surface area contributed by atoms with E-state index in [-0.39, 0.29) is 16.6 Å². The fourth-order valence-electron chi connectivity index (χ4n) is 2.96. The maximum atomic E-state index is 12.5. The molecular formula is C23H29N5O2S. The number of hydrogen-bond acceptors (Lipinski definition) is 6. The predicted octanol–water partition coefficient (Wildman–Crippen LogP) is 3.76. The first-order valence-corrected chi connectivity index (χ1v) is 11.0. The Labute approximate surface area is 187 Å². The normalized spacial score (nSPS) is 12.4. The molecule has 3 aromatic rings. The predicted molar refractivity (Wildman–Crippen MR) is 124 cm³/mol. The van der Waals surface area contributed by atoms with E-state index in [1.54, 1.807) is 7.11 Å². The van der Waals surface area contributed by atoms with E-state index in [1.807, 2.05) is 43.3 Å². The number of thioether (sulfide) groups is 1. The Morgan fingerprint density at radius 3 is 2.35 bits per heavy atom. The van der Waals surface area contributed by atoms with Gasteiger partial charge in [-0.25, -0.2) is 4.68 Å². The summed E-state index contributed by atoms with van der Waals surface area (Å²) in [7, 11) is 1.62. The van der Waals surface area contributed by atoms with E-state index in [9.17, 15) is 4.79 Å². The molecule has 1 aromatic heterocycles. The number of carbonyl (C=O) groups excluding carboxylic acids is 1. The zero-order chi connectivity index (χ0) is 22.6. The van der Waals surface area contributed by atoms with E-state index in [2.05, 4.69) is 48.4 Å². The van der Waals surface area contributed by atoms with E-state index < -0.39 is 0 Å². The molecule has 0 saturated carbocycles. The third-order valence-electron chi connectivity index (χ3n) is 4.95. The maximum Gasteiger partial charge on any atom is 0.233 e. The van der Waals surface area contributed by atoms with Crippen LogP contribution in [0.25, 0.3) is 11.4 Å². The van der Waals surface area contributed by atoms with Gasteiger partial charge in [-0.05, 0) is 35.6 Å². The minimum atomic E-state index is -0.374. The van der Waals surface area contributed by atoms with Crippen molar-refractivity contribution in [1.29, 1.82) is 0 Å². The van der Waals surface area contributed by atoms with Gasteiger partial charge in [-0.1, -0.05) is 68.9 Å². The first-order chi connectivity index (χ1) is 14.7. The number of benzene rings is 2. The summed E-state index contributed by atoms with van der Waals surface area (Å²) < 4.78 is 6.58.